The van der Waals surface area contributed by atoms with Gasteiger partial charge in [0.25, 0.3) is 10.0 Å². The van der Waals surface area contributed by atoms with Crippen LogP contribution in [0.2, 0.25) is 0 Å². The summed E-state index contributed by atoms with van der Waals surface area (Å²) in [6.45, 7) is 1.45. The van der Waals surface area contributed by atoms with Crippen LogP contribution in [0, 0.1) is 0 Å². The predicted molar refractivity (Wildman–Crippen MR) is 75.5 cm³/mol. The number of nitrogens with one attached hydrogen (secondary N) is 2. The van der Waals surface area contributed by atoms with Crippen molar-refractivity contribution in [2.45, 2.75) is 23.1 Å². The highest BCUT2D eigenvalue weighted by Crippen LogP contribution is 2.27. The molecule has 0 radical (unpaired) electrons. The second-order valence-electron chi connectivity index (χ2n) is 3.70. The molecular weight excluding hydrogens is 348 g/mol. The molecule has 98 valence electrons. The summed E-state index contributed by atoms with van der Waals surface area (Å²) in [6.07, 6.45) is 2.16. The molecule has 2 rings (SSSR count). The topological polar surface area (TPSA) is 58.2 Å². The quantitative estimate of drug-likeness (QED) is 0.862. The largest absolute Gasteiger partial charge is 0.313 e. The first-order valence-corrected chi connectivity index (χ1v) is 8.21. The lowest BCUT2D eigenvalue weighted by atomic mass is 10.2. The summed E-state index contributed by atoms with van der Waals surface area (Å²) in [4.78, 5) is 0. The normalized spacial score (nSPS) is 20.2. The molecule has 4 nitrogen and oxygen atoms in total. The van der Waals surface area contributed by atoms with Gasteiger partial charge in [0.15, 0.2) is 0 Å². The van der Waals surface area contributed by atoms with Gasteiger partial charge in [0.1, 0.15) is 4.21 Å². The second-order valence-corrected chi connectivity index (χ2v) is 7.43. The molecule has 2 heterocycles. The van der Waals surface area contributed by atoms with Gasteiger partial charge in [-0.1, -0.05) is 0 Å². The van der Waals surface area contributed by atoms with Crippen LogP contribution in [0.3, 0.4) is 0 Å². The average Bonchev–Trinajstić information content (AvgIpc) is 2.85. The minimum absolute atomic E-state index is 0. The van der Waals surface area contributed by atoms with Gasteiger partial charge in [0.2, 0.25) is 0 Å². The summed E-state index contributed by atoms with van der Waals surface area (Å²) in [7, 11) is -3.35. The number of halogens is 2. The number of sulfonamides is 1. The average molecular weight is 362 g/mol. The van der Waals surface area contributed by atoms with Crippen LogP contribution < -0.4 is 10.0 Å². The highest BCUT2D eigenvalue weighted by molar-refractivity contribution is 9.10. The number of rotatable bonds is 4. The van der Waals surface area contributed by atoms with Crippen molar-refractivity contribution in [1.82, 2.24) is 10.0 Å². The smallest absolute Gasteiger partial charge is 0.251 e. The van der Waals surface area contributed by atoms with Crippen LogP contribution in [-0.4, -0.2) is 27.5 Å². The molecule has 1 saturated heterocycles. The Morgan fingerprint density at radius 1 is 1.59 bits per heavy atom. The van der Waals surface area contributed by atoms with Gasteiger partial charge in [-0.05, 0) is 46.8 Å². The first-order valence-electron chi connectivity index (χ1n) is 5.05. The van der Waals surface area contributed by atoms with E-state index in [2.05, 4.69) is 26.0 Å². The fraction of sp³-hybridized carbons (Fsp3) is 0.556. The lowest BCUT2D eigenvalue weighted by Crippen LogP contribution is -2.36. The van der Waals surface area contributed by atoms with Crippen molar-refractivity contribution in [3.63, 3.8) is 0 Å². The van der Waals surface area contributed by atoms with Crippen molar-refractivity contribution in [1.29, 1.82) is 0 Å². The molecule has 0 saturated carbocycles. The van der Waals surface area contributed by atoms with E-state index in [1.807, 2.05) is 0 Å². The van der Waals surface area contributed by atoms with Crippen molar-refractivity contribution in [3.8, 4) is 0 Å². The lowest BCUT2D eigenvalue weighted by molar-refractivity contribution is 0.553. The maximum atomic E-state index is 11.9. The minimum atomic E-state index is -3.35. The third kappa shape index (κ3) is 3.90. The molecule has 0 aliphatic carbocycles. The number of hydrogen-bond acceptors (Lipinski definition) is 4. The molecule has 1 aromatic rings. The molecule has 1 aromatic heterocycles. The third-order valence-corrected chi connectivity index (χ3v) is 6.60. The van der Waals surface area contributed by atoms with E-state index in [4.69, 9.17) is 0 Å². The van der Waals surface area contributed by atoms with E-state index in [0.717, 1.165) is 19.4 Å². The fourth-order valence-electron chi connectivity index (χ4n) is 1.68. The molecule has 1 atom stereocenters. The molecule has 1 fully saturated rings. The van der Waals surface area contributed by atoms with Gasteiger partial charge < -0.3 is 5.32 Å². The Morgan fingerprint density at radius 3 is 2.88 bits per heavy atom. The highest BCUT2D eigenvalue weighted by atomic mass is 79.9. The van der Waals surface area contributed by atoms with Crippen molar-refractivity contribution >= 4 is 49.7 Å². The second kappa shape index (κ2) is 6.49. The van der Waals surface area contributed by atoms with E-state index in [1.165, 1.54) is 11.3 Å². The first kappa shape index (κ1) is 15.4. The minimum Gasteiger partial charge on any atom is -0.313 e. The molecule has 0 amide bonds. The van der Waals surface area contributed by atoms with Crippen LogP contribution in [-0.2, 0) is 10.0 Å². The zero-order valence-electron chi connectivity index (χ0n) is 8.98. The zero-order chi connectivity index (χ0) is 11.6. The van der Waals surface area contributed by atoms with Crippen LogP contribution in [0.15, 0.2) is 20.1 Å². The van der Waals surface area contributed by atoms with E-state index < -0.39 is 10.0 Å². The summed E-state index contributed by atoms with van der Waals surface area (Å²) < 4.78 is 27.4. The predicted octanol–water partition coefficient (Wildman–Crippen LogP) is 1.96. The van der Waals surface area contributed by atoms with Gasteiger partial charge in [-0.25, -0.2) is 13.1 Å². The van der Waals surface area contributed by atoms with E-state index in [1.54, 1.807) is 11.4 Å². The van der Waals surface area contributed by atoms with Crippen molar-refractivity contribution in [2.24, 2.45) is 0 Å². The maximum absolute atomic E-state index is 11.9. The standard InChI is InChI=1S/C9H13BrN2O2S2.ClH/c10-8-3-5-15-9(8)16(13,14)12-6-7-2-1-4-11-7;/h3,5,7,11-12H,1-2,4,6H2;1H. The van der Waals surface area contributed by atoms with Crippen LogP contribution in [0.1, 0.15) is 12.8 Å². The Morgan fingerprint density at radius 2 is 2.35 bits per heavy atom. The molecule has 1 unspecified atom stereocenters. The Hall–Kier alpha value is 0.340. The molecule has 0 aromatic carbocycles. The van der Waals surface area contributed by atoms with E-state index in [0.29, 0.717) is 15.2 Å². The maximum Gasteiger partial charge on any atom is 0.251 e. The molecule has 1 aliphatic rings. The van der Waals surface area contributed by atoms with E-state index in [-0.39, 0.29) is 18.4 Å². The van der Waals surface area contributed by atoms with Crippen molar-refractivity contribution < 1.29 is 8.42 Å². The van der Waals surface area contributed by atoms with E-state index in [9.17, 15) is 8.42 Å². The molecule has 8 heteroatoms. The molecule has 0 spiro atoms. The Bertz CT molecular complexity index is 457. The van der Waals surface area contributed by atoms with Crippen LogP contribution in [0.5, 0.6) is 0 Å². The molecule has 0 bridgehead atoms. The highest BCUT2D eigenvalue weighted by Gasteiger charge is 2.21. The SMILES string of the molecule is Cl.O=S(=O)(NCC1CCCN1)c1sccc1Br. The van der Waals surface area contributed by atoms with Crippen molar-refractivity contribution in [3.05, 3.63) is 15.9 Å². The Labute approximate surface area is 120 Å². The monoisotopic (exact) mass is 360 g/mol. The Balaban J connectivity index is 0.00000144. The summed E-state index contributed by atoms with van der Waals surface area (Å²) >= 11 is 4.45. The number of thiophene rings is 1. The third-order valence-electron chi connectivity index (χ3n) is 2.51. The van der Waals surface area contributed by atoms with Gasteiger partial charge in [0, 0.05) is 17.1 Å². The van der Waals surface area contributed by atoms with E-state index >= 15 is 0 Å². The molecule has 17 heavy (non-hydrogen) atoms. The van der Waals surface area contributed by atoms with Gasteiger partial charge in [0.05, 0.1) is 0 Å². The van der Waals surface area contributed by atoms with Gasteiger partial charge in [-0.3, -0.25) is 0 Å². The van der Waals surface area contributed by atoms with Crippen LogP contribution >= 0.6 is 39.7 Å². The van der Waals surface area contributed by atoms with Crippen LogP contribution in [0.25, 0.3) is 0 Å². The summed E-state index contributed by atoms with van der Waals surface area (Å²) in [5, 5.41) is 5.01. The number of hydrogen-bond donors (Lipinski definition) is 2. The molecule has 2 N–H and O–H groups in total. The molecular formula is C9H14BrClN2O2S2. The molecule has 1 aliphatic heterocycles. The van der Waals surface area contributed by atoms with Gasteiger partial charge in [-0.15, -0.1) is 23.7 Å². The van der Waals surface area contributed by atoms with Gasteiger partial charge in [-0.2, -0.15) is 0 Å². The van der Waals surface area contributed by atoms with Crippen molar-refractivity contribution in [2.75, 3.05) is 13.1 Å². The summed E-state index contributed by atoms with van der Waals surface area (Å²) in [6, 6.07) is 2.01. The summed E-state index contributed by atoms with van der Waals surface area (Å²) in [5.41, 5.74) is 0. The van der Waals surface area contributed by atoms with Crippen LogP contribution in [0.4, 0.5) is 0 Å². The first-order chi connectivity index (χ1) is 7.59. The van der Waals surface area contributed by atoms with Gasteiger partial charge >= 0.3 is 0 Å². The summed E-state index contributed by atoms with van der Waals surface area (Å²) in [5.74, 6) is 0. The lowest BCUT2D eigenvalue weighted by Gasteiger charge is -2.11. The Kier molecular flexibility index (Phi) is 5.88. The fourth-order valence-corrected chi connectivity index (χ4v) is 5.14. The zero-order valence-corrected chi connectivity index (χ0v) is 13.0.